The van der Waals surface area contributed by atoms with Crippen molar-refractivity contribution in [2.45, 2.75) is 39.3 Å². The third-order valence-corrected chi connectivity index (χ3v) is 4.56. The predicted octanol–water partition coefficient (Wildman–Crippen LogP) is 2.73. The predicted molar refractivity (Wildman–Crippen MR) is 85.3 cm³/mol. The van der Waals surface area contributed by atoms with E-state index in [1.165, 1.54) is 12.1 Å². The zero-order chi connectivity index (χ0) is 15.4. The highest BCUT2D eigenvalue weighted by atomic mass is 79.9. The molecule has 0 bridgehead atoms. The van der Waals surface area contributed by atoms with Crippen LogP contribution in [0.15, 0.2) is 28.7 Å². The van der Waals surface area contributed by atoms with Gasteiger partial charge >= 0.3 is 0 Å². The monoisotopic (exact) mass is 354 g/mol. The summed E-state index contributed by atoms with van der Waals surface area (Å²) < 4.78 is 16.0. The molecule has 2 aromatic rings. The van der Waals surface area contributed by atoms with Crippen molar-refractivity contribution in [3.63, 3.8) is 0 Å². The van der Waals surface area contributed by atoms with E-state index in [9.17, 15) is 4.39 Å². The van der Waals surface area contributed by atoms with Crippen LogP contribution in [0, 0.1) is 12.7 Å². The van der Waals surface area contributed by atoms with Crippen LogP contribution in [-0.2, 0) is 19.4 Å². The molecule has 0 aliphatic rings. The van der Waals surface area contributed by atoms with Gasteiger partial charge in [-0.15, -0.1) is 0 Å². The van der Waals surface area contributed by atoms with Crippen molar-refractivity contribution in [1.82, 2.24) is 15.2 Å². The number of aromatic nitrogens is 2. The molecule has 0 saturated carbocycles. The number of nitrogens with one attached hydrogen (secondary N) is 1. The standard InChI is InChI=1S/C15H20BrFN4/c1-3-21-14(15(16)10(2)20-21)9-13(19-18)8-11-4-6-12(17)7-5-11/h4-7,13,19H,3,8-9,18H2,1-2H3. The first kappa shape index (κ1) is 16.1. The first-order valence-corrected chi connectivity index (χ1v) is 7.76. The Balaban J connectivity index is 2.14. The quantitative estimate of drug-likeness (QED) is 0.619. The minimum Gasteiger partial charge on any atom is -0.271 e. The van der Waals surface area contributed by atoms with E-state index in [0.717, 1.165) is 40.8 Å². The van der Waals surface area contributed by atoms with Crippen LogP contribution in [0.3, 0.4) is 0 Å². The van der Waals surface area contributed by atoms with Crippen molar-refractivity contribution in [1.29, 1.82) is 0 Å². The van der Waals surface area contributed by atoms with E-state index in [1.54, 1.807) is 12.1 Å². The average Bonchev–Trinajstić information content (AvgIpc) is 2.76. The van der Waals surface area contributed by atoms with Gasteiger partial charge in [-0.25, -0.2) is 4.39 Å². The third kappa shape index (κ3) is 3.90. The summed E-state index contributed by atoms with van der Waals surface area (Å²) in [4.78, 5) is 0. The van der Waals surface area contributed by atoms with Gasteiger partial charge in [-0.3, -0.25) is 16.0 Å². The lowest BCUT2D eigenvalue weighted by Crippen LogP contribution is -2.39. The highest BCUT2D eigenvalue weighted by Gasteiger charge is 2.17. The number of benzene rings is 1. The van der Waals surface area contributed by atoms with Crippen LogP contribution in [0.5, 0.6) is 0 Å². The summed E-state index contributed by atoms with van der Waals surface area (Å²) in [6.45, 7) is 4.85. The largest absolute Gasteiger partial charge is 0.271 e. The van der Waals surface area contributed by atoms with Gasteiger partial charge in [0.25, 0.3) is 0 Å². The first-order valence-electron chi connectivity index (χ1n) is 6.97. The second-order valence-electron chi connectivity index (χ2n) is 5.06. The molecule has 0 radical (unpaired) electrons. The third-order valence-electron chi connectivity index (χ3n) is 3.52. The van der Waals surface area contributed by atoms with Crippen molar-refractivity contribution in [3.8, 4) is 0 Å². The van der Waals surface area contributed by atoms with Crippen LogP contribution in [0.1, 0.15) is 23.9 Å². The maximum absolute atomic E-state index is 12.9. The zero-order valence-electron chi connectivity index (χ0n) is 12.2. The number of hydrazine groups is 1. The lowest BCUT2D eigenvalue weighted by atomic mass is 10.0. The summed E-state index contributed by atoms with van der Waals surface area (Å²) in [7, 11) is 0. The van der Waals surface area contributed by atoms with E-state index in [2.05, 4.69) is 33.4 Å². The Morgan fingerprint density at radius 3 is 2.57 bits per heavy atom. The molecular weight excluding hydrogens is 335 g/mol. The molecule has 1 heterocycles. The number of rotatable bonds is 6. The molecule has 114 valence electrons. The summed E-state index contributed by atoms with van der Waals surface area (Å²) in [6, 6.07) is 6.58. The molecule has 0 saturated heterocycles. The summed E-state index contributed by atoms with van der Waals surface area (Å²) in [5.74, 6) is 5.45. The van der Waals surface area contributed by atoms with Crippen LogP contribution in [0.25, 0.3) is 0 Å². The first-order chi connectivity index (χ1) is 10.0. The van der Waals surface area contributed by atoms with Gasteiger partial charge in [-0.2, -0.15) is 5.10 Å². The molecule has 1 atom stereocenters. The van der Waals surface area contributed by atoms with Gasteiger partial charge in [0.1, 0.15) is 5.82 Å². The molecule has 4 nitrogen and oxygen atoms in total. The molecule has 6 heteroatoms. The summed E-state index contributed by atoms with van der Waals surface area (Å²) >= 11 is 3.59. The Morgan fingerprint density at radius 1 is 1.33 bits per heavy atom. The second kappa shape index (κ2) is 7.15. The fourth-order valence-electron chi connectivity index (χ4n) is 2.39. The normalized spacial score (nSPS) is 12.6. The molecule has 0 amide bonds. The smallest absolute Gasteiger partial charge is 0.123 e. The molecule has 21 heavy (non-hydrogen) atoms. The van der Waals surface area contributed by atoms with Crippen LogP contribution >= 0.6 is 15.9 Å². The highest BCUT2D eigenvalue weighted by molar-refractivity contribution is 9.10. The number of halogens is 2. The van der Waals surface area contributed by atoms with E-state index in [1.807, 2.05) is 11.6 Å². The van der Waals surface area contributed by atoms with Gasteiger partial charge in [0.2, 0.25) is 0 Å². The highest BCUT2D eigenvalue weighted by Crippen LogP contribution is 2.23. The summed E-state index contributed by atoms with van der Waals surface area (Å²) in [5, 5.41) is 4.49. The number of hydrogen-bond acceptors (Lipinski definition) is 3. The van der Waals surface area contributed by atoms with E-state index < -0.39 is 0 Å². The molecule has 0 aliphatic heterocycles. The zero-order valence-corrected chi connectivity index (χ0v) is 13.8. The topological polar surface area (TPSA) is 55.9 Å². The average molecular weight is 355 g/mol. The van der Waals surface area contributed by atoms with Gasteiger partial charge in [0.05, 0.1) is 15.9 Å². The lowest BCUT2D eigenvalue weighted by molar-refractivity contribution is 0.494. The molecule has 3 N–H and O–H groups in total. The van der Waals surface area contributed by atoms with Crippen LogP contribution in [0.2, 0.25) is 0 Å². The molecule has 1 aromatic carbocycles. The van der Waals surface area contributed by atoms with Crippen LogP contribution < -0.4 is 11.3 Å². The minimum atomic E-state index is -0.224. The molecule has 0 aliphatic carbocycles. The molecule has 2 rings (SSSR count). The van der Waals surface area contributed by atoms with Crippen LogP contribution in [-0.4, -0.2) is 15.8 Å². The Labute approximate surface area is 132 Å². The summed E-state index contributed by atoms with van der Waals surface area (Å²) in [6.07, 6.45) is 1.49. The Kier molecular flexibility index (Phi) is 5.50. The minimum absolute atomic E-state index is 0.0631. The van der Waals surface area contributed by atoms with E-state index >= 15 is 0 Å². The Morgan fingerprint density at radius 2 is 2.00 bits per heavy atom. The number of nitrogens with zero attached hydrogens (tertiary/aromatic N) is 2. The van der Waals surface area contributed by atoms with Gasteiger partial charge in [-0.1, -0.05) is 12.1 Å². The number of aryl methyl sites for hydroxylation is 2. The fraction of sp³-hybridized carbons (Fsp3) is 0.400. The van der Waals surface area contributed by atoms with Crippen molar-refractivity contribution in [2.75, 3.05) is 0 Å². The molecule has 1 aromatic heterocycles. The Hall–Kier alpha value is -1.24. The van der Waals surface area contributed by atoms with Gasteiger partial charge < -0.3 is 0 Å². The fourth-order valence-corrected chi connectivity index (χ4v) is 2.84. The number of nitrogens with two attached hydrogens (primary N) is 1. The van der Waals surface area contributed by atoms with Crippen molar-refractivity contribution >= 4 is 15.9 Å². The van der Waals surface area contributed by atoms with Gasteiger partial charge in [-0.05, 0) is 53.9 Å². The number of hydrogen-bond donors (Lipinski definition) is 2. The summed E-state index contributed by atoms with van der Waals surface area (Å²) in [5.41, 5.74) is 6.00. The van der Waals surface area contributed by atoms with Gasteiger partial charge in [0.15, 0.2) is 0 Å². The Bertz CT molecular complexity index is 594. The van der Waals surface area contributed by atoms with Crippen molar-refractivity contribution < 1.29 is 4.39 Å². The van der Waals surface area contributed by atoms with E-state index in [4.69, 9.17) is 5.84 Å². The SMILES string of the molecule is CCn1nc(C)c(Br)c1CC(Cc1ccc(F)cc1)NN. The molecule has 0 fully saturated rings. The molecule has 0 spiro atoms. The lowest BCUT2D eigenvalue weighted by Gasteiger charge is -2.17. The van der Waals surface area contributed by atoms with E-state index in [0.29, 0.717) is 0 Å². The maximum Gasteiger partial charge on any atom is 0.123 e. The van der Waals surface area contributed by atoms with Gasteiger partial charge in [0, 0.05) is 19.0 Å². The van der Waals surface area contributed by atoms with Crippen molar-refractivity contribution in [2.24, 2.45) is 5.84 Å². The maximum atomic E-state index is 12.9. The second-order valence-corrected chi connectivity index (χ2v) is 5.85. The van der Waals surface area contributed by atoms with E-state index in [-0.39, 0.29) is 11.9 Å². The molecular formula is C15H20BrFN4. The van der Waals surface area contributed by atoms with Crippen LogP contribution in [0.4, 0.5) is 4.39 Å². The molecule has 1 unspecified atom stereocenters. The van der Waals surface area contributed by atoms with Crippen molar-refractivity contribution in [3.05, 3.63) is 51.5 Å².